The van der Waals surface area contributed by atoms with Crippen molar-refractivity contribution in [2.75, 3.05) is 7.11 Å². The number of methoxy groups -OCH3 is 1. The van der Waals surface area contributed by atoms with Gasteiger partial charge >= 0.3 is 0 Å². The Morgan fingerprint density at radius 1 is 1.11 bits per heavy atom. The van der Waals surface area contributed by atoms with Crippen molar-refractivity contribution in [2.24, 2.45) is 5.92 Å². The van der Waals surface area contributed by atoms with Gasteiger partial charge in [0.25, 0.3) is 0 Å². The van der Waals surface area contributed by atoms with Crippen LogP contribution in [0.5, 0.6) is 5.75 Å². The molecule has 0 saturated carbocycles. The van der Waals surface area contributed by atoms with Crippen LogP contribution in [0, 0.1) is 5.92 Å². The summed E-state index contributed by atoms with van der Waals surface area (Å²) in [5, 5.41) is 11.1. The monoisotopic (exact) mass is 257 g/mol. The van der Waals surface area contributed by atoms with Crippen LogP contribution in [-0.4, -0.2) is 17.2 Å². The van der Waals surface area contributed by atoms with Gasteiger partial charge in [-0.05, 0) is 29.7 Å². The highest BCUT2D eigenvalue weighted by Crippen LogP contribution is 2.36. The van der Waals surface area contributed by atoms with E-state index in [1.807, 2.05) is 50.2 Å². The molecule has 3 nitrogen and oxygen atoms in total. The molecule has 100 valence electrons. The van der Waals surface area contributed by atoms with Crippen LogP contribution in [0.1, 0.15) is 25.0 Å². The van der Waals surface area contributed by atoms with Crippen LogP contribution in [-0.2, 0) is 5.60 Å². The average Bonchev–Trinajstić information content (AvgIpc) is 2.47. The van der Waals surface area contributed by atoms with Crippen molar-refractivity contribution in [1.29, 1.82) is 0 Å². The minimum absolute atomic E-state index is 0.0325. The Balaban J connectivity index is 2.50. The van der Waals surface area contributed by atoms with Gasteiger partial charge in [0.15, 0.2) is 0 Å². The zero-order valence-corrected chi connectivity index (χ0v) is 11.5. The number of rotatable bonds is 4. The molecule has 0 spiro atoms. The minimum Gasteiger partial charge on any atom is -0.497 e. The van der Waals surface area contributed by atoms with Crippen molar-refractivity contribution in [2.45, 2.75) is 19.4 Å². The van der Waals surface area contributed by atoms with E-state index in [9.17, 15) is 5.11 Å². The van der Waals surface area contributed by atoms with Gasteiger partial charge in [0.1, 0.15) is 11.4 Å². The summed E-state index contributed by atoms with van der Waals surface area (Å²) in [6.45, 7) is 3.99. The van der Waals surface area contributed by atoms with E-state index < -0.39 is 5.60 Å². The highest BCUT2D eigenvalue weighted by atomic mass is 16.5. The van der Waals surface area contributed by atoms with Crippen molar-refractivity contribution >= 4 is 0 Å². The van der Waals surface area contributed by atoms with Crippen molar-refractivity contribution in [3.8, 4) is 5.75 Å². The van der Waals surface area contributed by atoms with Crippen molar-refractivity contribution in [3.05, 3.63) is 59.9 Å². The lowest BCUT2D eigenvalue weighted by Gasteiger charge is -2.33. The summed E-state index contributed by atoms with van der Waals surface area (Å²) in [4.78, 5) is 4.11. The van der Waals surface area contributed by atoms with E-state index in [1.165, 1.54) is 0 Å². The van der Waals surface area contributed by atoms with E-state index in [0.29, 0.717) is 0 Å². The molecule has 0 fully saturated rings. The third kappa shape index (κ3) is 2.47. The van der Waals surface area contributed by atoms with Gasteiger partial charge in [-0.3, -0.25) is 4.98 Å². The molecule has 1 aromatic carbocycles. The molecule has 19 heavy (non-hydrogen) atoms. The van der Waals surface area contributed by atoms with Crippen LogP contribution >= 0.6 is 0 Å². The standard InChI is InChI=1S/C16H19NO2/c1-12(2)16(18,14-5-4-10-17-11-14)13-6-8-15(19-3)9-7-13/h4-12,18H,1-3H3. The third-order valence-corrected chi connectivity index (χ3v) is 3.47. The first-order valence-electron chi connectivity index (χ1n) is 6.36. The first-order chi connectivity index (χ1) is 9.09. The van der Waals surface area contributed by atoms with E-state index in [4.69, 9.17) is 4.74 Å². The molecule has 1 N–H and O–H groups in total. The Hall–Kier alpha value is -1.87. The van der Waals surface area contributed by atoms with Crippen LogP contribution < -0.4 is 4.74 Å². The zero-order valence-electron chi connectivity index (χ0n) is 11.5. The Labute approximate surface area is 113 Å². The SMILES string of the molecule is COc1ccc(C(O)(c2cccnc2)C(C)C)cc1. The van der Waals surface area contributed by atoms with Crippen molar-refractivity contribution in [3.63, 3.8) is 0 Å². The molecule has 0 saturated heterocycles. The molecule has 0 aliphatic heterocycles. The molecule has 3 heteroatoms. The van der Waals surface area contributed by atoms with E-state index >= 15 is 0 Å². The second kappa shape index (κ2) is 5.41. The van der Waals surface area contributed by atoms with E-state index in [2.05, 4.69) is 4.98 Å². The topological polar surface area (TPSA) is 42.4 Å². The van der Waals surface area contributed by atoms with Gasteiger partial charge in [-0.25, -0.2) is 0 Å². The fraction of sp³-hybridized carbons (Fsp3) is 0.312. The summed E-state index contributed by atoms with van der Waals surface area (Å²) in [7, 11) is 1.63. The largest absolute Gasteiger partial charge is 0.497 e. The predicted molar refractivity (Wildman–Crippen MR) is 75.1 cm³/mol. The van der Waals surface area contributed by atoms with E-state index in [0.717, 1.165) is 16.9 Å². The third-order valence-electron chi connectivity index (χ3n) is 3.47. The smallest absolute Gasteiger partial charge is 0.118 e. The van der Waals surface area contributed by atoms with Gasteiger partial charge in [-0.1, -0.05) is 32.0 Å². The highest BCUT2D eigenvalue weighted by molar-refractivity contribution is 5.38. The molecule has 0 aliphatic rings. The number of pyridine rings is 1. The number of nitrogens with zero attached hydrogens (tertiary/aromatic N) is 1. The summed E-state index contributed by atoms with van der Waals surface area (Å²) in [6.07, 6.45) is 3.42. The fourth-order valence-corrected chi connectivity index (χ4v) is 2.27. The van der Waals surface area contributed by atoms with E-state index in [-0.39, 0.29) is 5.92 Å². The van der Waals surface area contributed by atoms with E-state index in [1.54, 1.807) is 19.5 Å². The van der Waals surface area contributed by atoms with Crippen molar-refractivity contribution < 1.29 is 9.84 Å². The Morgan fingerprint density at radius 3 is 2.26 bits per heavy atom. The molecule has 2 aromatic rings. The maximum Gasteiger partial charge on any atom is 0.118 e. The predicted octanol–water partition coefficient (Wildman–Crippen LogP) is 2.98. The normalized spacial score (nSPS) is 14.2. The Bertz CT molecular complexity index is 522. The van der Waals surface area contributed by atoms with Gasteiger partial charge < -0.3 is 9.84 Å². The van der Waals surface area contributed by atoms with Gasteiger partial charge in [0, 0.05) is 18.0 Å². The second-order valence-electron chi connectivity index (χ2n) is 4.89. The molecule has 1 unspecified atom stereocenters. The molecule has 1 heterocycles. The molecule has 1 aromatic heterocycles. The summed E-state index contributed by atoms with van der Waals surface area (Å²) in [6, 6.07) is 11.2. The number of aliphatic hydroxyl groups is 1. The molecule has 0 aliphatic carbocycles. The number of benzene rings is 1. The first-order valence-corrected chi connectivity index (χ1v) is 6.36. The van der Waals surface area contributed by atoms with Crippen LogP contribution in [0.4, 0.5) is 0 Å². The van der Waals surface area contributed by atoms with Gasteiger partial charge in [-0.2, -0.15) is 0 Å². The summed E-state index contributed by atoms with van der Waals surface area (Å²) in [5.41, 5.74) is 0.604. The number of ether oxygens (including phenoxy) is 1. The minimum atomic E-state index is -1.04. The molecule has 2 rings (SSSR count). The second-order valence-corrected chi connectivity index (χ2v) is 4.89. The first kappa shape index (κ1) is 13.6. The Morgan fingerprint density at radius 2 is 1.79 bits per heavy atom. The quantitative estimate of drug-likeness (QED) is 0.915. The maximum atomic E-state index is 11.1. The zero-order chi connectivity index (χ0) is 13.9. The Kier molecular flexibility index (Phi) is 3.86. The van der Waals surface area contributed by atoms with Gasteiger partial charge in [0.05, 0.1) is 7.11 Å². The number of hydrogen-bond donors (Lipinski definition) is 1. The van der Waals surface area contributed by atoms with Crippen molar-refractivity contribution in [1.82, 2.24) is 4.98 Å². The maximum absolute atomic E-state index is 11.1. The molecule has 0 amide bonds. The van der Waals surface area contributed by atoms with Crippen LogP contribution in [0.15, 0.2) is 48.8 Å². The lowest BCUT2D eigenvalue weighted by molar-refractivity contribution is 0.0314. The lowest BCUT2D eigenvalue weighted by Crippen LogP contribution is -2.33. The molecular weight excluding hydrogens is 238 g/mol. The summed E-state index contributed by atoms with van der Waals surface area (Å²) >= 11 is 0. The summed E-state index contributed by atoms with van der Waals surface area (Å²) < 4.78 is 5.15. The van der Waals surface area contributed by atoms with Gasteiger partial charge in [0.2, 0.25) is 0 Å². The van der Waals surface area contributed by atoms with Crippen LogP contribution in [0.25, 0.3) is 0 Å². The average molecular weight is 257 g/mol. The number of hydrogen-bond acceptors (Lipinski definition) is 3. The lowest BCUT2D eigenvalue weighted by atomic mass is 9.78. The molecule has 1 atom stereocenters. The molecule has 0 bridgehead atoms. The highest BCUT2D eigenvalue weighted by Gasteiger charge is 2.35. The summed E-state index contributed by atoms with van der Waals surface area (Å²) in [5.74, 6) is 0.811. The van der Waals surface area contributed by atoms with Crippen LogP contribution in [0.3, 0.4) is 0 Å². The molecular formula is C16H19NO2. The molecule has 0 radical (unpaired) electrons. The number of aromatic nitrogens is 1. The van der Waals surface area contributed by atoms with Gasteiger partial charge in [-0.15, -0.1) is 0 Å². The fourth-order valence-electron chi connectivity index (χ4n) is 2.27. The van der Waals surface area contributed by atoms with Crippen LogP contribution in [0.2, 0.25) is 0 Å².